The summed E-state index contributed by atoms with van der Waals surface area (Å²) in [4.78, 5) is 0. The number of aryl methyl sites for hydroxylation is 2. The molecular weight excluding hydrogens is 1390 g/mol. The third kappa shape index (κ3) is 10.4. The van der Waals surface area contributed by atoms with Gasteiger partial charge in [-0.15, -0.1) is 45.3 Å². The molecule has 0 aliphatic carbocycles. The predicted molar refractivity (Wildman–Crippen MR) is 447 cm³/mol. The van der Waals surface area contributed by atoms with Crippen LogP contribution in [-0.4, -0.2) is 32.3 Å². The molecule has 0 fully saturated rings. The van der Waals surface area contributed by atoms with Crippen LogP contribution < -0.4 is 18.0 Å². The standard InChI is InChI=1S/C42H56S2Si2.C40H50Br2S2Si2/c1-23(2)45(24(3)4,25(5)6)39-21-37-33-17-15-32-31(35(33)19-29(13)41(37)43-39)16-18-34-36(32)20-30(14)42-38(34)22-40(44-42)46(26(7)8,27(9)10)28(11)12;1-21(2)45(22(3)4,23(5)6)37-19-33-29-15-13-28-27(31(29)17-35(41)39(33)43-37)14-16-30-32(28)18-36(42)40-34(30)20-38(44-40)46(24(7)8,25(9)10)26(11)12/h15-28H,1-14H3;13-26H,1-12H3. The van der Waals surface area contributed by atoms with Crippen LogP contribution in [0.3, 0.4) is 0 Å². The third-order valence-electron chi connectivity index (χ3n) is 24.2. The number of rotatable bonds is 16. The van der Waals surface area contributed by atoms with Gasteiger partial charge in [0.1, 0.15) is 32.3 Å². The molecule has 0 unspecified atom stereocenters. The van der Waals surface area contributed by atoms with Gasteiger partial charge in [0.2, 0.25) is 0 Å². The lowest BCUT2D eigenvalue weighted by Crippen LogP contribution is -2.54. The highest BCUT2D eigenvalue weighted by Gasteiger charge is 2.49. The van der Waals surface area contributed by atoms with E-state index in [0.29, 0.717) is 66.5 Å². The van der Waals surface area contributed by atoms with Gasteiger partial charge in [-0.3, -0.25) is 0 Å². The molecule has 0 N–H and O–H groups in total. The second-order valence-electron chi connectivity index (χ2n) is 31.9. The second-order valence-corrected chi connectivity index (χ2v) is 62.8. The number of thiophene rings is 4. The fraction of sp³-hybridized carbons (Fsp3) is 0.463. The molecule has 10 heteroatoms. The first-order valence-electron chi connectivity index (χ1n) is 35.1. The molecule has 0 radical (unpaired) electrons. The highest BCUT2D eigenvalue weighted by molar-refractivity contribution is 9.11. The lowest BCUT2D eigenvalue weighted by Gasteiger charge is -2.42. The van der Waals surface area contributed by atoms with Crippen LogP contribution >= 0.6 is 77.2 Å². The fourth-order valence-electron chi connectivity index (χ4n) is 21.0. The Kier molecular flexibility index (Phi) is 19.6. The van der Waals surface area contributed by atoms with Crippen molar-refractivity contribution < 1.29 is 0 Å². The molecule has 4 heterocycles. The van der Waals surface area contributed by atoms with Crippen LogP contribution in [0.25, 0.3) is 105 Å². The van der Waals surface area contributed by atoms with Crippen molar-refractivity contribution in [3.05, 3.63) is 117 Å². The van der Waals surface area contributed by atoms with E-state index < -0.39 is 32.3 Å². The van der Waals surface area contributed by atoms with Gasteiger partial charge >= 0.3 is 0 Å². The van der Waals surface area contributed by atoms with Crippen LogP contribution in [0.2, 0.25) is 66.5 Å². The highest BCUT2D eigenvalue weighted by Crippen LogP contribution is 2.52. The Morgan fingerprint density at radius 1 is 0.217 bits per heavy atom. The fourth-order valence-corrected chi connectivity index (χ4v) is 62.8. The average Bonchev–Trinajstić information content (AvgIpc) is 1.52. The van der Waals surface area contributed by atoms with Crippen molar-refractivity contribution in [3.8, 4) is 0 Å². The summed E-state index contributed by atoms with van der Waals surface area (Å²) in [6.07, 6.45) is 0. The van der Waals surface area contributed by atoms with Crippen molar-refractivity contribution >= 4 is 232 Å². The van der Waals surface area contributed by atoms with Gasteiger partial charge in [0.15, 0.2) is 0 Å². The van der Waals surface area contributed by atoms with Gasteiger partial charge in [0.05, 0.1) is 0 Å². The SMILES string of the molecule is CC(C)[Si](c1cc2c(s1)c(Br)cc1c2ccc2c3cc(Br)c4sc([Si](C(C)C)(C(C)C)C(C)C)cc4c3ccc12)(C(C)C)C(C)C.Cc1cc2c(ccc3c4cc(C)c5sc([Si](C(C)C)(C(C)C)C(C)C)cc5c4ccc23)c2cc([Si](C(C)C)(C(C)C)C(C)C)sc12. The maximum absolute atomic E-state index is 4.07. The van der Waals surface area contributed by atoms with E-state index >= 15 is 0 Å². The van der Waals surface area contributed by atoms with E-state index in [2.05, 4.69) is 354 Å². The zero-order valence-corrected chi connectivity index (χ0v) is 71.0. The smallest absolute Gasteiger partial charge is 0.107 e. The molecular formula is C82H106Br2S4Si4. The summed E-state index contributed by atoms with van der Waals surface area (Å²) in [6.45, 7) is 64.3. The Bertz CT molecular complexity index is 4130. The minimum Gasteiger partial charge on any atom is -0.145 e. The summed E-state index contributed by atoms with van der Waals surface area (Å²) >= 11 is 16.5. The molecule has 0 saturated carbocycles. The van der Waals surface area contributed by atoms with Crippen LogP contribution in [0.15, 0.2) is 106 Å². The van der Waals surface area contributed by atoms with E-state index in [-0.39, 0.29) is 0 Å². The molecule has 0 atom stereocenters. The van der Waals surface area contributed by atoms with E-state index in [4.69, 9.17) is 0 Å². The normalized spacial score (nSPS) is 13.7. The molecule has 4 aromatic heterocycles. The van der Waals surface area contributed by atoms with Crippen molar-refractivity contribution in [3.63, 3.8) is 0 Å². The zero-order chi connectivity index (χ0) is 67.2. The van der Waals surface area contributed by atoms with Crippen molar-refractivity contribution in [2.75, 3.05) is 0 Å². The molecule has 0 amide bonds. The molecule has 0 saturated heterocycles. The number of hydrogen-bond donors (Lipinski definition) is 0. The Labute approximate surface area is 590 Å². The van der Waals surface area contributed by atoms with Crippen LogP contribution in [0.5, 0.6) is 0 Å². The molecule has 0 aliphatic heterocycles. The molecule has 0 spiro atoms. The van der Waals surface area contributed by atoms with Crippen LogP contribution in [0.4, 0.5) is 0 Å². The molecule has 488 valence electrons. The average molecular weight is 1490 g/mol. The lowest BCUT2D eigenvalue weighted by molar-refractivity contribution is 0.837. The summed E-state index contributed by atoms with van der Waals surface area (Å²) in [5.41, 5.74) is 11.3. The largest absolute Gasteiger partial charge is 0.145 e. The Hall–Kier alpha value is -3.01. The summed E-state index contributed by atoms with van der Waals surface area (Å²) in [7, 11) is -6.97. The third-order valence-corrected chi connectivity index (χ3v) is 62.5. The Morgan fingerprint density at radius 2 is 0.380 bits per heavy atom. The van der Waals surface area contributed by atoms with E-state index in [9.17, 15) is 0 Å². The highest BCUT2D eigenvalue weighted by atomic mass is 79.9. The topological polar surface area (TPSA) is 0 Å². The van der Waals surface area contributed by atoms with Crippen molar-refractivity contribution in [1.82, 2.24) is 0 Å². The summed E-state index contributed by atoms with van der Waals surface area (Å²) in [5, 5.41) is 22.4. The maximum Gasteiger partial charge on any atom is 0.107 e. The number of hydrogen-bond acceptors (Lipinski definition) is 4. The van der Waals surface area contributed by atoms with Crippen molar-refractivity contribution in [1.29, 1.82) is 0 Å². The lowest BCUT2D eigenvalue weighted by atomic mass is 9.93. The Balaban J connectivity index is 0.000000188. The first-order chi connectivity index (χ1) is 43.2. The van der Waals surface area contributed by atoms with Gasteiger partial charge in [-0.25, -0.2) is 0 Å². The first-order valence-corrected chi connectivity index (χ1v) is 48.9. The van der Waals surface area contributed by atoms with Gasteiger partial charge in [-0.2, -0.15) is 0 Å². The number of benzene rings is 8. The van der Waals surface area contributed by atoms with Crippen molar-refractivity contribution in [2.45, 2.75) is 247 Å². The Morgan fingerprint density at radius 3 is 0.576 bits per heavy atom. The van der Waals surface area contributed by atoms with Gasteiger partial charge < -0.3 is 0 Å². The van der Waals surface area contributed by atoms with Gasteiger partial charge in [-0.1, -0.05) is 215 Å². The van der Waals surface area contributed by atoms with E-state index in [0.717, 1.165) is 0 Å². The van der Waals surface area contributed by atoms with E-state index in [1.165, 1.54) is 125 Å². The van der Waals surface area contributed by atoms with Crippen LogP contribution in [-0.2, 0) is 0 Å². The van der Waals surface area contributed by atoms with E-state index in [1.807, 2.05) is 0 Å². The predicted octanol–water partition coefficient (Wildman–Crippen LogP) is 28.8. The molecule has 0 nitrogen and oxygen atoms in total. The number of halogens is 2. The monoisotopic (exact) mass is 1490 g/mol. The summed E-state index contributed by atoms with van der Waals surface area (Å²) < 4.78 is 15.0. The molecule has 12 aromatic rings. The zero-order valence-electron chi connectivity index (χ0n) is 60.6. The van der Waals surface area contributed by atoms with Crippen LogP contribution in [0, 0.1) is 13.8 Å². The van der Waals surface area contributed by atoms with Gasteiger partial charge in [-0.05, 0) is 254 Å². The molecule has 92 heavy (non-hydrogen) atoms. The van der Waals surface area contributed by atoms with Gasteiger partial charge in [0.25, 0.3) is 0 Å². The second kappa shape index (κ2) is 25.7. The molecule has 8 aromatic carbocycles. The van der Waals surface area contributed by atoms with E-state index in [1.54, 1.807) is 18.0 Å². The quantitative estimate of drug-likeness (QED) is 0.0668. The van der Waals surface area contributed by atoms with Crippen LogP contribution in [0.1, 0.15) is 177 Å². The molecule has 12 rings (SSSR count). The minimum atomic E-state index is -1.76. The van der Waals surface area contributed by atoms with Crippen molar-refractivity contribution in [2.24, 2.45) is 0 Å². The first kappa shape index (κ1) is 70.3. The summed E-state index contributed by atoms with van der Waals surface area (Å²) in [6, 6.07) is 39.7. The maximum atomic E-state index is 4.07. The minimum absolute atomic E-state index is 0.695. The summed E-state index contributed by atoms with van der Waals surface area (Å²) in [5.74, 6) is 0. The molecule has 0 aliphatic rings. The van der Waals surface area contributed by atoms with Gasteiger partial charge in [0, 0.05) is 49.3 Å². The molecule has 0 bridgehead atoms. The number of fused-ring (bicyclic) bond motifs is 18.